The average Bonchev–Trinajstić information content (AvgIpc) is 3.09. The third-order valence-corrected chi connectivity index (χ3v) is 4.46. The van der Waals surface area contributed by atoms with Crippen molar-refractivity contribution < 1.29 is 19.3 Å². The Labute approximate surface area is 132 Å². The summed E-state index contributed by atoms with van der Waals surface area (Å²) in [5, 5.41) is 9.67. The number of aromatic hydroxyl groups is 1. The van der Waals surface area contributed by atoms with Gasteiger partial charge in [0.05, 0.1) is 6.54 Å². The molecule has 3 aliphatic heterocycles. The molecule has 1 saturated heterocycles. The topological polar surface area (TPSA) is 79.5 Å². The van der Waals surface area contributed by atoms with E-state index in [9.17, 15) is 14.7 Å². The van der Waals surface area contributed by atoms with E-state index in [2.05, 4.69) is 4.99 Å². The number of amides is 3. The summed E-state index contributed by atoms with van der Waals surface area (Å²) in [7, 11) is 3.11. The molecule has 23 heavy (non-hydrogen) atoms. The fraction of sp³-hybridized carbons (Fsp3) is 0.333. The summed E-state index contributed by atoms with van der Waals surface area (Å²) in [4.78, 5) is 33.6. The Hall–Kier alpha value is -2.90. The van der Waals surface area contributed by atoms with E-state index >= 15 is 0 Å². The summed E-state index contributed by atoms with van der Waals surface area (Å²) in [5.74, 6) is 1.00. The molecule has 1 aromatic carbocycles. The number of phenols is 1. The highest BCUT2D eigenvalue weighted by atomic mass is 16.3. The predicted molar refractivity (Wildman–Crippen MR) is 82.7 cm³/mol. The molecule has 1 unspecified atom stereocenters. The van der Waals surface area contributed by atoms with Crippen LogP contribution in [-0.2, 0) is 4.79 Å². The molecule has 0 saturated carbocycles. The maximum Gasteiger partial charge on any atom is 0.397 e. The van der Waals surface area contributed by atoms with Gasteiger partial charge in [-0.05, 0) is 12.1 Å². The number of rotatable bonds is 1. The number of fused-ring (bicyclic) bond motifs is 2. The van der Waals surface area contributed by atoms with Crippen LogP contribution in [0.4, 0.5) is 10.5 Å². The smallest absolute Gasteiger partial charge is 0.397 e. The van der Waals surface area contributed by atoms with E-state index in [0.29, 0.717) is 24.9 Å². The number of benzene rings is 1. The number of amidine groups is 1. The third kappa shape index (κ3) is 1.77. The Morgan fingerprint density at radius 2 is 2.04 bits per heavy atom. The fourth-order valence-corrected chi connectivity index (χ4v) is 3.24. The number of hydrogen-bond acceptors (Lipinski definition) is 5. The molecule has 0 aromatic heterocycles. The molecule has 1 fully saturated rings. The first-order valence-electron chi connectivity index (χ1n) is 7.33. The number of carbonyl (C=O) groups is 2. The number of aliphatic imine (C=N–C) groups is 1. The van der Waals surface area contributed by atoms with Crippen LogP contribution in [0.2, 0.25) is 0 Å². The number of carbonyl (C=O) groups excluding carboxylic acids is 2. The second-order valence-electron chi connectivity index (χ2n) is 5.78. The molecule has 1 aromatic rings. The SMILES string of the molecule is CN1C(=O)C2C(=NC3=[N+]2CCN3c2cccc(O)c2)N(C)C1=O. The van der Waals surface area contributed by atoms with Crippen molar-refractivity contribution in [1.29, 1.82) is 0 Å². The van der Waals surface area contributed by atoms with E-state index < -0.39 is 6.04 Å². The van der Waals surface area contributed by atoms with Crippen molar-refractivity contribution in [3.05, 3.63) is 24.3 Å². The zero-order valence-electron chi connectivity index (χ0n) is 12.8. The minimum atomic E-state index is -0.556. The highest BCUT2D eigenvalue weighted by molar-refractivity contribution is 6.24. The van der Waals surface area contributed by atoms with Gasteiger partial charge in [0.15, 0.2) is 0 Å². The number of guanidine groups is 1. The van der Waals surface area contributed by atoms with Crippen LogP contribution in [0.5, 0.6) is 5.75 Å². The van der Waals surface area contributed by atoms with Crippen molar-refractivity contribution >= 4 is 29.4 Å². The van der Waals surface area contributed by atoms with E-state index in [-0.39, 0.29) is 17.7 Å². The van der Waals surface area contributed by atoms with Gasteiger partial charge in [0.2, 0.25) is 11.9 Å². The molecular weight excluding hydrogens is 298 g/mol. The van der Waals surface area contributed by atoms with Gasteiger partial charge < -0.3 is 5.11 Å². The van der Waals surface area contributed by atoms with Crippen molar-refractivity contribution in [1.82, 2.24) is 9.80 Å². The van der Waals surface area contributed by atoms with Crippen molar-refractivity contribution in [3.63, 3.8) is 0 Å². The molecule has 3 heterocycles. The van der Waals surface area contributed by atoms with Crippen molar-refractivity contribution in [2.45, 2.75) is 6.04 Å². The van der Waals surface area contributed by atoms with E-state index in [1.54, 1.807) is 25.2 Å². The van der Waals surface area contributed by atoms with Crippen molar-refractivity contribution in [2.24, 2.45) is 4.99 Å². The lowest BCUT2D eigenvalue weighted by Crippen LogP contribution is -2.61. The van der Waals surface area contributed by atoms with Gasteiger partial charge in [0.1, 0.15) is 18.0 Å². The summed E-state index contributed by atoms with van der Waals surface area (Å²) in [6.45, 7) is 1.30. The minimum Gasteiger partial charge on any atom is -0.508 e. The molecule has 8 nitrogen and oxygen atoms in total. The Balaban J connectivity index is 1.77. The maximum atomic E-state index is 12.5. The molecule has 0 aliphatic carbocycles. The van der Waals surface area contributed by atoms with Gasteiger partial charge in [0.25, 0.3) is 5.91 Å². The summed E-state index contributed by atoms with van der Waals surface area (Å²) in [5.41, 5.74) is 0.806. The zero-order valence-corrected chi connectivity index (χ0v) is 12.8. The van der Waals surface area contributed by atoms with Gasteiger partial charge in [-0.1, -0.05) is 11.1 Å². The molecule has 4 rings (SSSR count). The van der Waals surface area contributed by atoms with Crippen LogP contribution in [0.15, 0.2) is 29.3 Å². The lowest BCUT2D eigenvalue weighted by Gasteiger charge is -2.31. The van der Waals surface area contributed by atoms with Crippen molar-refractivity contribution in [3.8, 4) is 5.75 Å². The van der Waals surface area contributed by atoms with Crippen LogP contribution in [0.3, 0.4) is 0 Å². The molecule has 1 atom stereocenters. The monoisotopic (exact) mass is 314 g/mol. The van der Waals surface area contributed by atoms with Crippen LogP contribution in [0.1, 0.15) is 0 Å². The Morgan fingerprint density at radius 3 is 2.78 bits per heavy atom. The molecular formula is C15H16N5O3+. The van der Waals surface area contributed by atoms with E-state index in [0.717, 1.165) is 10.6 Å². The lowest BCUT2D eigenvalue weighted by atomic mass is 10.1. The lowest BCUT2D eigenvalue weighted by molar-refractivity contribution is -0.525. The van der Waals surface area contributed by atoms with Crippen LogP contribution in [0.25, 0.3) is 0 Å². The molecule has 3 amide bonds. The van der Waals surface area contributed by atoms with Crippen LogP contribution in [-0.4, -0.2) is 76.4 Å². The third-order valence-electron chi connectivity index (χ3n) is 4.46. The first-order valence-corrected chi connectivity index (χ1v) is 7.33. The van der Waals surface area contributed by atoms with Gasteiger partial charge in [-0.2, -0.15) is 0 Å². The molecule has 1 N–H and O–H groups in total. The van der Waals surface area contributed by atoms with Gasteiger partial charge in [-0.3, -0.25) is 14.6 Å². The van der Waals surface area contributed by atoms with Gasteiger partial charge in [0, 0.05) is 20.2 Å². The van der Waals surface area contributed by atoms with E-state index in [4.69, 9.17) is 0 Å². The summed E-state index contributed by atoms with van der Waals surface area (Å²) in [6.07, 6.45) is 0. The Morgan fingerprint density at radius 1 is 1.26 bits per heavy atom. The summed E-state index contributed by atoms with van der Waals surface area (Å²) in [6, 6.07) is 5.96. The molecule has 0 bridgehead atoms. The fourth-order valence-electron chi connectivity index (χ4n) is 3.24. The van der Waals surface area contributed by atoms with Gasteiger partial charge >= 0.3 is 12.0 Å². The number of urea groups is 1. The Bertz CT molecular complexity index is 800. The largest absolute Gasteiger partial charge is 0.508 e. The summed E-state index contributed by atoms with van der Waals surface area (Å²) < 4.78 is 1.90. The number of imide groups is 1. The molecule has 8 heteroatoms. The number of phenolic OH excluding ortho intramolecular Hbond substituents is 1. The molecule has 0 radical (unpaired) electrons. The average molecular weight is 314 g/mol. The second kappa shape index (κ2) is 4.55. The minimum absolute atomic E-state index is 0.174. The highest BCUT2D eigenvalue weighted by Gasteiger charge is 2.54. The zero-order chi connectivity index (χ0) is 16.3. The predicted octanol–water partition coefficient (Wildman–Crippen LogP) is -0.115. The second-order valence-corrected chi connectivity index (χ2v) is 5.78. The highest BCUT2D eigenvalue weighted by Crippen LogP contribution is 2.27. The van der Waals surface area contributed by atoms with E-state index in [1.807, 2.05) is 15.5 Å². The molecule has 3 aliphatic rings. The number of hydrogen-bond donors (Lipinski definition) is 1. The van der Waals surface area contributed by atoms with Crippen LogP contribution < -0.4 is 4.90 Å². The maximum absolute atomic E-state index is 12.5. The first kappa shape index (κ1) is 13.7. The standard InChI is InChI=1S/C15H15N5O3/c1-17-12-11(13(22)18(2)15(17)23)20-7-6-19(14(20)16-12)9-4-3-5-10(21)8-9/h3-5,8,11H,6-7H2,1-2H3/p+1. The van der Waals surface area contributed by atoms with Crippen LogP contribution in [0, 0.1) is 0 Å². The molecule has 0 spiro atoms. The number of likely N-dealkylation sites (N-methyl/N-ethyl adjacent to an activating group) is 2. The Kier molecular flexibility index (Phi) is 2.72. The number of nitrogens with zero attached hydrogens (tertiary/aromatic N) is 5. The number of anilines is 1. The van der Waals surface area contributed by atoms with Crippen LogP contribution >= 0.6 is 0 Å². The molecule has 118 valence electrons. The quantitative estimate of drug-likeness (QED) is 0.733. The first-order chi connectivity index (χ1) is 11.0. The summed E-state index contributed by atoms with van der Waals surface area (Å²) >= 11 is 0. The van der Waals surface area contributed by atoms with Crippen molar-refractivity contribution in [2.75, 3.05) is 32.1 Å². The normalized spacial score (nSPS) is 23.5. The van der Waals surface area contributed by atoms with Gasteiger partial charge in [-0.25, -0.2) is 14.3 Å². The van der Waals surface area contributed by atoms with E-state index in [1.165, 1.54) is 11.9 Å². The van der Waals surface area contributed by atoms with Gasteiger partial charge in [-0.15, -0.1) is 0 Å².